The summed E-state index contributed by atoms with van der Waals surface area (Å²) in [5, 5.41) is 0. The topological polar surface area (TPSA) is 20.3 Å². The molecule has 5 heteroatoms. The van der Waals surface area contributed by atoms with Gasteiger partial charge in [0.15, 0.2) is 0 Å². The van der Waals surface area contributed by atoms with Gasteiger partial charge in [-0.2, -0.15) is 11.8 Å². The van der Waals surface area contributed by atoms with Crippen LogP contribution in [0.2, 0.25) is 0 Å². The van der Waals surface area contributed by atoms with Crippen molar-refractivity contribution in [2.75, 3.05) is 25.1 Å². The largest absolute Gasteiger partial charge is 0.341 e. The molecule has 0 spiro atoms. The zero-order chi connectivity index (χ0) is 10.8. The van der Waals surface area contributed by atoms with Crippen LogP contribution in [-0.2, 0) is 4.79 Å². The molecule has 0 aromatic carbocycles. The van der Waals surface area contributed by atoms with E-state index < -0.39 is 11.8 Å². The smallest absolute Gasteiger partial charge is 0.254 e. The lowest BCUT2D eigenvalue weighted by Crippen LogP contribution is -2.48. The predicted molar refractivity (Wildman–Crippen MR) is 53.7 cm³/mol. The Bertz CT molecular complexity index is 223. The van der Waals surface area contributed by atoms with Gasteiger partial charge in [-0.1, -0.05) is 6.92 Å². The van der Waals surface area contributed by atoms with Crippen molar-refractivity contribution in [2.45, 2.75) is 19.3 Å². The number of halogens is 2. The molecule has 1 amide bonds. The molecule has 1 saturated heterocycles. The number of hydrogen-bond acceptors (Lipinski definition) is 2. The summed E-state index contributed by atoms with van der Waals surface area (Å²) in [6, 6.07) is 0. The first-order chi connectivity index (χ1) is 6.47. The number of carbonyl (C=O) groups excluding carboxylic acids is 1. The Hall–Kier alpha value is -0.320. The number of rotatable bonds is 2. The fourth-order valence-corrected chi connectivity index (χ4v) is 1.96. The molecule has 2 nitrogen and oxygen atoms in total. The molecule has 1 rings (SSSR count). The van der Waals surface area contributed by atoms with Crippen LogP contribution >= 0.6 is 11.8 Å². The van der Waals surface area contributed by atoms with Gasteiger partial charge in [0.25, 0.3) is 5.92 Å². The highest BCUT2D eigenvalue weighted by Gasteiger charge is 2.41. The van der Waals surface area contributed by atoms with Gasteiger partial charge in [0.2, 0.25) is 5.91 Å². The Morgan fingerprint density at radius 1 is 1.64 bits per heavy atom. The number of nitrogens with zero attached hydrogens (tertiary/aromatic N) is 1. The Morgan fingerprint density at radius 3 is 2.79 bits per heavy atom. The van der Waals surface area contributed by atoms with Crippen molar-refractivity contribution in [2.24, 2.45) is 5.92 Å². The number of likely N-dealkylation sites (tertiary alicyclic amines) is 1. The van der Waals surface area contributed by atoms with Gasteiger partial charge < -0.3 is 4.90 Å². The summed E-state index contributed by atoms with van der Waals surface area (Å²) in [4.78, 5) is 13.0. The molecule has 0 unspecified atom stereocenters. The fraction of sp³-hybridized carbons (Fsp3) is 0.889. The molecule has 1 fully saturated rings. The molecule has 0 bridgehead atoms. The molecular weight excluding hydrogens is 208 g/mol. The van der Waals surface area contributed by atoms with E-state index in [9.17, 15) is 13.6 Å². The van der Waals surface area contributed by atoms with E-state index in [2.05, 4.69) is 0 Å². The first kappa shape index (κ1) is 11.8. The summed E-state index contributed by atoms with van der Waals surface area (Å²) in [6.45, 7) is 1.88. The maximum Gasteiger partial charge on any atom is 0.254 e. The first-order valence-corrected chi connectivity index (χ1v) is 6.01. The molecule has 0 saturated carbocycles. The lowest BCUT2D eigenvalue weighted by molar-refractivity contribution is -0.141. The van der Waals surface area contributed by atoms with Crippen molar-refractivity contribution in [3.63, 3.8) is 0 Å². The summed E-state index contributed by atoms with van der Waals surface area (Å²) in [5.41, 5.74) is 0. The average molecular weight is 223 g/mol. The molecule has 82 valence electrons. The zero-order valence-corrected chi connectivity index (χ0v) is 9.24. The highest BCUT2D eigenvalue weighted by atomic mass is 32.2. The molecule has 0 radical (unpaired) electrons. The van der Waals surface area contributed by atoms with Gasteiger partial charge in [-0.25, -0.2) is 8.78 Å². The second kappa shape index (κ2) is 4.47. The highest BCUT2D eigenvalue weighted by molar-refractivity contribution is 7.99. The normalized spacial score (nSPS) is 26.3. The molecule has 0 aromatic heterocycles. The van der Waals surface area contributed by atoms with E-state index in [1.807, 2.05) is 6.26 Å². The zero-order valence-electron chi connectivity index (χ0n) is 8.43. The van der Waals surface area contributed by atoms with Gasteiger partial charge in [-0.3, -0.25) is 4.79 Å². The maximum absolute atomic E-state index is 13.1. The maximum atomic E-state index is 13.1. The van der Waals surface area contributed by atoms with Gasteiger partial charge in [0.1, 0.15) is 0 Å². The minimum atomic E-state index is -2.60. The second-order valence-electron chi connectivity index (χ2n) is 3.68. The molecule has 0 aromatic rings. The highest BCUT2D eigenvalue weighted by Crippen LogP contribution is 2.32. The monoisotopic (exact) mass is 223 g/mol. The van der Waals surface area contributed by atoms with Crippen molar-refractivity contribution >= 4 is 17.7 Å². The number of piperidine rings is 1. The number of alkyl halides is 2. The van der Waals surface area contributed by atoms with Gasteiger partial charge in [-0.05, 0) is 6.26 Å². The minimum absolute atomic E-state index is 0.0279. The summed E-state index contributed by atoms with van der Waals surface area (Å²) < 4.78 is 26.2. The Balaban J connectivity index is 2.50. The Morgan fingerprint density at radius 2 is 2.29 bits per heavy atom. The van der Waals surface area contributed by atoms with Crippen LogP contribution in [0.1, 0.15) is 13.3 Å². The molecule has 1 aliphatic heterocycles. The lowest BCUT2D eigenvalue weighted by Gasteiger charge is -2.36. The number of amides is 1. The molecule has 0 aliphatic carbocycles. The van der Waals surface area contributed by atoms with E-state index >= 15 is 0 Å². The number of carbonyl (C=O) groups is 1. The quantitative estimate of drug-likeness (QED) is 0.712. The first-order valence-electron chi connectivity index (χ1n) is 4.62. The third-order valence-electron chi connectivity index (χ3n) is 2.55. The average Bonchev–Trinajstić information content (AvgIpc) is 2.10. The van der Waals surface area contributed by atoms with E-state index in [4.69, 9.17) is 0 Å². The van der Waals surface area contributed by atoms with E-state index in [0.717, 1.165) is 0 Å². The summed E-state index contributed by atoms with van der Waals surface area (Å²) in [5.74, 6) is -2.96. The van der Waals surface area contributed by atoms with Crippen LogP contribution in [0.25, 0.3) is 0 Å². The van der Waals surface area contributed by atoms with E-state index in [0.29, 0.717) is 5.75 Å². The van der Waals surface area contributed by atoms with E-state index in [1.165, 1.54) is 18.7 Å². The Labute approximate surface area is 87.0 Å². The van der Waals surface area contributed by atoms with Crippen molar-refractivity contribution in [3.8, 4) is 0 Å². The van der Waals surface area contributed by atoms with Crippen molar-refractivity contribution in [1.82, 2.24) is 4.90 Å². The minimum Gasteiger partial charge on any atom is -0.341 e. The molecule has 1 heterocycles. The van der Waals surface area contributed by atoms with Gasteiger partial charge in [-0.15, -0.1) is 0 Å². The van der Waals surface area contributed by atoms with Crippen LogP contribution < -0.4 is 0 Å². The van der Waals surface area contributed by atoms with Gasteiger partial charge in [0.05, 0.1) is 5.75 Å². The molecule has 14 heavy (non-hydrogen) atoms. The summed E-state index contributed by atoms with van der Waals surface area (Å²) in [6.07, 6.45) is 1.63. The third kappa shape index (κ3) is 2.59. The van der Waals surface area contributed by atoms with Crippen LogP contribution in [0.15, 0.2) is 0 Å². The molecule has 1 atom stereocenters. The second-order valence-corrected chi connectivity index (χ2v) is 4.55. The van der Waals surface area contributed by atoms with Crippen LogP contribution in [0.5, 0.6) is 0 Å². The van der Waals surface area contributed by atoms with Crippen LogP contribution in [0.4, 0.5) is 8.78 Å². The van der Waals surface area contributed by atoms with E-state index in [-0.39, 0.29) is 25.4 Å². The molecule has 0 N–H and O–H groups in total. The Kier molecular flexibility index (Phi) is 3.75. The SMILES string of the molecule is CSCC(=O)N1CCC(F)(F)[C@@H](C)C1. The third-order valence-corrected chi connectivity index (χ3v) is 3.09. The van der Waals surface area contributed by atoms with Gasteiger partial charge in [0, 0.05) is 25.4 Å². The fourth-order valence-electron chi connectivity index (χ4n) is 1.53. The van der Waals surface area contributed by atoms with Gasteiger partial charge >= 0.3 is 0 Å². The van der Waals surface area contributed by atoms with Crippen LogP contribution in [-0.4, -0.2) is 41.8 Å². The molecular formula is C9H15F2NOS. The van der Waals surface area contributed by atoms with Crippen molar-refractivity contribution < 1.29 is 13.6 Å². The van der Waals surface area contributed by atoms with Crippen molar-refractivity contribution in [1.29, 1.82) is 0 Å². The van der Waals surface area contributed by atoms with Crippen molar-refractivity contribution in [3.05, 3.63) is 0 Å². The van der Waals surface area contributed by atoms with Crippen LogP contribution in [0, 0.1) is 5.92 Å². The predicted octanol–water partition coefficient (Wildman–Crippen LogP) is 1.85. The number of hydrogen-bond donors (Lipinski definition) is 0. The van der Waals surface area contributed by atoms with Crippen LogP contribution in [0.3, 0.4) is 0 Å². The molecule has 1 aliphatic rings. The summed E-state index contributed by atoms with van der Waals surface area (Å²) >= 11 is 1.43. The lowest BCUT2D eigenvalue weighted by atomic mass is 9.95. The summed E-state index contributed by atoms with van der Waals surface area (Å²) in [7, 11) is 0. The standard InChI is InChI=1S/C9H15F2NOS/c1-7-5-12(8(13)6-14-2)4-3-9(7,10)11/h7H,3-6H2,1-2H3/t7-/m0/s1. The van der Waals surface area contributed by atoms with E-state index in [1.54, 1.807) is 4.90 Å². The number of thioether (sulfide) groups is 1.